The summed E-state index contributed by atoms with van der Waals surface area (Å²) in [4.78, 5) is 16.5. The van der Waals surface area contributed by atoms with Crippen LogP contribution in [0, 0.1) is 0 Å². The highest BCUT2D eigenvalue weighted by Gasteiger charge is 2.11. The molecule has 1 aromatic heterocycles. The number of carbonyl (C=O) groups is 1. The van der Waals surface area contributed by atoms with Crippen LogP contribution in [0.2, 0.25) is 0 Å². The zero-order valence-corrected chi connectivity index (χ0v) is 12.4. The molecular formula is C17H20N2O2. The minimum Gasteiger partial charge on any atom is -0.489 e. The largest absolute Gasteiger partial charge is 0.489 e. The fourth-order valence-corrected chi connectivity index (χ4v) is 2.11. The van der Waals surface area contributed by atoms with Gasteiger partial charge in [0, 0.05) is 24.7 Å². The van der Waals surface area contributed by atoms with E-state index in [4.69, 9.17) is 10.5 Å². The molecule has 21 heavy (non-hydrogen) atoms. The second kappa shape index (κ2) is 6.99. The van der Waals surface area contributed by atoms with Gasteiger partial charge >= 0.3 is 0 Å². The van der Waals surface area contributed by atoms with E-state index in [1.807, 2.05) is 38.1 Å². The van der Waals surface area contributed by atoms with Gasteiger partial charge in [0.25, 0.3) is 0 Å². The summed E-state index contributed by atoms with van der Waals surface area (Å²) in [6.45, 7) is 4.30. The number of hydrogen-bond donors (Lipinski definition) is 1. The number of pyridine rings is 1. The van der Waals surface area contributed by atoms with Gasteiger partial charge < -0.3 is 10.5 Å². The summed E-state index contributed by atoms with van der Waals surface area (Å²) in [6.07, 6.45) is 3.56. The number of carbonyl (C=O) groups excluding carboxylic acids is 1. The lowest BCUT2D eigenvalue weighted by Gasteiger charge is -2.10. The molecule has 2 N–H and O–H groups in total. The number of ketones is 1. The van der Waals surface area contributed by atoms with Crippen molar-refractivity contribution in [2.75, 3.05) is 0 Å². The van der Waals surface area contributed by atoms with Gasteiger partial charge in [0.2, 0.25) is 0 Å². The molecule has 4 heteroatoms. The quantitative estimate of drug-likeness (QED) is 0.828. The number of hydrogen-bond acceptors (Lipinski definition) is 4. The fourth-order valence-electron chi connectivity index (χ4n) is 2.11. The maximum Gasteiger partial charge on any atom is 0.168 e. The van der Waals surface area contributed by atoms with Gasteiger partial charge in [0.1, 0.15) is 5.75 Å². The number of ether oxygens (including phenoxy) is 1. The lowest BCUT2D eigenvalue weighted by atomic mass is 9.99. The topological polar surface area (TPSA) is 65.2 Å². The summed E-state index contributed by atoms with van der Waals surface area (Å²) in [7, 11) is 0. The van der Waals surface area contributed by atoms with Crippen LogP contribution in [0.1, 0.15) is 35.3 Å². The van der Waals surface area contributed by atoms with E-state index in [2.05, 4.69) is 4.98 Å². The Bertz CT molecular complexity index is 624. The van der Waals surface area contributed by atoms with Crippen molar-refractivity contribution in [3.63, 3.8) is 0 Å². The van der Waals surface area contributed by atoms with Crippen LogP contribution in [0.25, 0.3) is 0 Å². The monoisotopic (exact) mass is 284 g/mol. The Morgan fingerprint density at radius 3 is 2.62 bits per heavy atom. The molecule has 0 amide bonds. The molecule has 2 aromatic rings. The van der Waals surface area contributed by atoms with E-state index in [0.717, 1.165) is 11.1 Å². The molecule has 0 radical (unpaired) electrons. The average Bonchev–Trinajstić information content (AvgIpc) is 2.47. The summed E-state index contributed by atoms with van der Waals surface area (Å²) in [5.74, 6) is 0.626. The SMILES string of the molecule is CC(C)Oc1cncc(C(=O)Cc2ccccc2CN)c1. The summed E-state index contributed by atoms with van der Waals surface area (Å²) in [5.41, 5.74) is 8.21. The molecule has 0 aliphatic heterocycles. The van der Waals surface area contributed by atoms with Crippen LogP contribution >= 0.6 is 0 Å². The summed E-state index contributed by atoms with van der Waals surface area (Å²) in [6, 6.07) is 9.45. The van der Waals surface area contributed by atoms with Crippen molar-refractivity contribution in [2.45, 2.75) is 32.9 Å². The molecule has 110 valence electrons. The Kier molecular flexibility index (Phi) is 5.06. The highest BCUT2D eigenvalue weighted by Crippen LogP contribution is 2.16. The molecule has 0 saturated carbocycles. The van der Waals surface area contributed by atoms with Crippen molar-refractivity contribution >= 4 is 5.78 Å². The van der Waals surface area contributed by atoms with E-state index in [9.17, 15) is 4.79 Å². The first-order chi connectivity index (χ1) is 10.1. The number of rotatable bonds is 6. The van der Waals surface area contributed by atoms with Gasteiger partial charge in [0.05, 0.1) is 12.3 Å². The number of aromatic nitrogens is 1. The summed E-state index contributed by atoms with van der Waals surface area (Å²) in [5, 5.41) is 0. The van der Waals surface area contributed by atoms with Crippen molar-refractivity contribution in [3.05, 3.63) is 59.4 Å². The summed E-state index contributed by atoms with van der Waals surface area (Å²) >= 11 is 0. The Balaban J connectivity index is 2.16. The molecule has 0 aliphatic rings. The van der Waals surface area contributed by atoms with Crippen molar-refractivity contribution in [3.8, 4) is 5.75 Å². The molecule has 0 fully saturated rings. The van der Waals surface area contributed by atoms with Crippen LogP contribution in [-0.4, -0.2) is 16.9 Å². The van der Waals surface area contributed by atoms with Gasteiger partial charge in [-0.1, -0.05) is 24.3 Å². The first-order valence-corrected chi connectivity index (χ1v) is 7.02. The molecule has 0 spiro atoms. The smallest absolute Gasteiger partial charge is 0.168 e. The number of benzene rings is 1. The normalized spacial score (nSPS) is 10.7. The van der Waals surface area contributed by atoms with E-state index in [0.29, 0.717) is 24.3 Å². The Morgan fingerprint density at radius 2 is 1.95 bits per heavy atom. The number of nitrogens with two attached hydrogens (primary N) is 1. The zero-order valence-electron chi connectivity index (χ0n) is 12.4. The van der Waals surface area contributed by atoms with Crippen molar-refractivity contribution < 1.29 is 9.53 Å². The molecule has 4 nitrogen and oxygen atoms in total. The molecule has 0 bridgehead atoms. The summed E-state index contributed by atoms with van der Waals surface area (Å²) < 4.78 is 5.57. The van der Waals surface area contributed by atoms with Gasteiger partial charge in [-0.2, -0.15) is 0 Å². The van der Waals surface area contributed by atoms with Crippen LogP contribution in [-0.2, 0) is 13.0 Å². The van der Waals surface area contributed by atoms with E-state index in [-0.39, 0.29) is 11.9 Å². The second-order valence-electron chi connectivity index (χ2n) is 5.15. The van der Waals surface area contributed by atoms with Crippen molar-refractivity contribution in [2.24, 2.45) is 5.73 Å². The molecule has 0 unspecified atom stereocenters. The zero-order chi connectivity index (χ0) is 15.2. The molecule has 1 heterocycles. The van der Waals surface area contributed by atoms with Gasteiger partial charge in [-0.15, -0.1) is 0 Å². The van der Waals surface area contributed by atoms with Gasteiger partial charge in [-0.05, 0) is 31.0 Å². The maximum absolute atomic E-state index is 12.4. The van der Waals surface area contributed by atoms with Crippen molar-refractivity contribution in [1.82, 2.24) is 4.98 Å². The van der Waals surface area contributed by atoms with Crippen LogP contribution in [0.4, 0.5) is 0 Å². The van der Waals surface area contributed by atoms with Gasteiger partial charge in [0.15, 0.2) is 5.78 Å². The van der Waals surface area contributed by atoms with E-state index in [1.165, 1.54) is 0 Å². The number of nitrogens with zero attached hydrogens (tertiary/aromatic N) is 1. The van der Waals surface area contributed by atoms with E-state index >= 15 is 0 Å². The van der Waals surface area contributed by atoms with Gasteiger partial charge in [-0.25, -0.2) is 0 Å². The predicted molar refractivity (Wildman–Crippen MR) is 82.4 cm³/mol. The highest BCUT2D eigenvalue weighted by molar-refractivity contribution is 5.97. The van der Waals surface area contributed by atoms with E-state index in [1.54, 1.807) is 18.5 Å². The Labute approximate surface area is 125 Å². The van der Waals surface area contributed by atoms with Crippen LogP contribution in [0.15, 0.2) is 42.7 Å². The minimum atomic E-state index is 0.0117. The first kappa shape index (κ1) is 15.2. The minimum absolute atomic E-state index is 0.0117. The third-order valence-electron chi connectivity index (χ3n) is 3.10. The maximum atomic E-state index is 12.4. The third kappa shape index (κ3) is 4.13. The number of Topliss-reactive ketones (excluding diaryl/α,β-unsaturated/α-hetero) is 1. The first-order valence-electron chi connectivity index (χ1n) is 7.02. The molecule has 1 aromatic carbocycles. The van der Waals surface area contributed by atoms with Crippen LogP contribution in [0.3, 0.4) is 0 Å². The lowest BCUT2D eigenvalue weighted by molar-refractivity contribution is 0.0991. The van der Waals surface area contributed by atoms with Crippen LogP contribution < -0.4 is 10.5 Å². The van der Waals surface area contributed by atoms with Crippen molar-refractivity contribution in [1.29, 1.82) is 0 Å². The third-order valence-corrected chi connectivity index (χ3v) is 3.10. The molecule has 2 rings (SSSR count). The Hall–Kier alpha value is -2.20. The predicted octanol–water partition coefficient (Wildman–Crippen LogP) is 2.75. The van der Waals surface area contributed by atoms with E-state index < -0.39 is 0 Å². The fraction of sp³-hybridized carbons (Fsp3) is 0.294. The molecule has 0 aliphatic carbocycles. The second-order valence-corrected chi connectivity index (χ2v) is 5.15. The molecule has 0 saturated heterocycles. The van der Waals surface area contributed by atoms with Gasteiger partial charge in [-0.3, -0.25) is 9.78 Å². The standard InChI is InChI=1S/C17H20N2O2/c1-12(2)21-16-7-15(10-19-11-16)17(20)8-13-5-3-4-6-14(13)9-18/h3-7,10-12H,8-9,18H2,1-2H3. The van der Waals surface area contributed by atoms with Crippen LogP contribution in [0.5, 0.6) is 5.75 Å². The highest BCUT2D eigenvalue weighted by atomic mass is 16.5. The molecule has 0 atom stereocenters. The average molecular weight is 284 g/mol. The lowest BCUT2D eigenvalue weighted by Crippen LogP contribution is -2.10. The Morgan fingerprint density at radius 1 is 1.24 bits per heavy atom. The molecular weight excluding hydrogens is 264 g/mol.